The Labute approximate surface area is 387 Å². The Hall–Kier alpha value is -1.27. The van der Waals surface area contributed by atoms with Crippen LogP contribution in [0.1, 0.15) is 194 Å². The first-order valence-electron chi connectivity index (χ1n) is 21.9. The normalized spacial score (nSPS) is 11.4. The molecule has 0 rings (SSSR count). The molecule has 0 aromatic heterocycles. The van der Waals surface area contributed by atoms with Crippen LogP contribution in [0, 0.1) is 45.3 Å². The van der Waals surface area contributed by atoms with Crippen molar-refractivity contribution in [2.24, 2.45) is 0 Å². The van der Waals surface area contributed by atoms with Gasteiger partial charge in [-0.25, -0.2) is 0 Å². The molecular formula is C46H84N6NiS4. The average Bonchev–Trinajstić information content (AvgIpc) is 3.16. The van der Waals surface area contributed by atoms with E-state index in [0.717, 1.165) is 8.97 Å². The van der Waals surface area contributed by atoms with Crippen LogP contribution in [0.3, 0.4) is 0 Å². The third-order valence-corrected chi connectivity index (χ3v) is 10.6. The van der Waals surface area contributed by atoms with Crippen molar-refractivity contribution in [1.82, 2.24) is 0 Å². The summed E-state index contributed by atoms with van der Waals surface area (Å²) in [6.45, 7) is 7.25. The molecule has 0 aromatic rings. The van der Waals surface area contributed by atoms with Crippen LogP contribution < -0.4 is 0 Å². The van der Waals surface area contributed by atoms with Crippen molar-refractivity contribution >= 4 is 50.5 Å². The fourth-order valence-electron chi connectivity index (χ4n) is 5.76. The largest absolute Gasteiger partial charge is 2.00 e. The molecule has 0 spiro atoms. The zero-order valence-electron chi connectivity index (χ0n) is 37.8. The van der Waals surface area contributed by atoms with Crippen molar-refractivity contribution in [3.05, 3.63) is 19.6 Å². The van der Waals surface area contributed by atoms with Crippen LogP contribution in [-0.2, 0) is 67.0 Å². The van der Waals surface area contributed by atoms with Crippen molar-refractivity contribution in [2.75, 3.05) is 55.4 Å². The second kappa shape index (κ2) is 49.1. The predicted octanol–water partition coefficient (Wildman–Crippen LogP) is 13.0. The standard InChI is InChI=1S/2C19H42N.2C4H2N2S2.Ni/c2*1-5-6-7-8-9-10-11-12-13-14-15-16-17-18-19-20(2,3)4;2*5-1-3(7)4(8)2-6;/h2*5-19H2,1-4H3;2*7-8H;/q2*+1;;;+2/p-4. The number of rotatable bonds is 30. The number of allylic oxidation sites excluding steroid dienone is 4. The van der Waals surface area contributed by atoms with Gasteiger partial charge in [-0.3, -0.25) is 0 Å². The quantitative estimate of drug-likeness (QED) is 0.0231. The molecule has 0 saturated heterocycles. The molecule has 0 fully saturated rings. The van der Waals surface area contributed by atoms with Crippen molar-refractivity contribution < 1.29 is 25.5 Å². The molecule has 0 unspecified atom stereocenters. The molecule has 332 valence electrons. The molecule has 0 saturated carbocycles. The van der Waals surface area contributed by atoms with Crippen LogP contribution >= 0.6 is 0 Å². The van der Waals surface area contributed by atoms with Crippen molar-refractivity contribution in [2.45, 2.75) is 194 Å². The summed E-state index contributed by atoms with van der Waals surface area (Å²) in [6, 6.07) is 6.33. The van der Waals surface area contributed by atoms with Gasteiger partial charge in [0.1, 0.15) is 0 Å². The van der Waals surface area contributed by atoms with Gasteiger partial charge in [0.2, 0.25) is 0 Å². The molecule has 0 aliphatic carbocycles. The minimum atomic E-state index is -0.109. The molecule has 0 N–H and O–H groups in total. The van der Waals surface area contributed by atoms with E-state index in [1.54, 1.807) is 24.3 Å². The second-order valence-corrected chi connectivity index (χ2v) is 18.6. The predicted molar refractivity (Wildman–Crippen MR) is 252 cm³/mol. The first-order chi connectivity index (χ1) is 26.6. The molecule has 0 radical (unpaired) electrons. The van der Waals surface area contributed by atoms with Gasteiger partial charge in [-0.05, 0) is 25.7 Å². The summed E-state index contributed by atoms with van der Waals surface area (Å²) in [6.07, 6.45) is 40.7. The molecule has 0 bridgehead atoms. The molecule has 0 aromatic carbocycles. The van der Waals surface area contributed by atoms with Crippen LogP contribution in [0.25, 0.3) is 0 Å². The molecular weight excluding hydrogens is 824 g/mol. The molecule has 0 heterocycles. The number of quaternary nitrogens is 2. The van der Waals surface area contributed by atoms with Gasteiger partial charge >= 0.3 is 16.5 Å². The summed E-state index contributed by atoms with van der Waals surface area (Å²) in [5.41, 5.74) is 0. The van der Waals surface area contributed by atoms with Crippen LogP contribution in [0.5, 0.6) is 0 Å². The maximum atomic E-state index is 8.01. The Kier molecular flexibility index (Phi) is 55.9. The van der Waals surface area contributed by atoms with Gasteiger partial charge in [0, 0.05) is 0 Å². The topological polar surface area (TPSA) is 95.2 Å². The number of nitriles is 4. The molecule has 0 aliphatic rings. The van der Waals surface area contributed by atoms with Crippen LogP contribution in [-0.4, -0.2) is 64.3 Å². The molecule has 11 heteroatoms. The van der Waals surface area contributed by atoms with Crippen LogP contribution in [0.2, 0.25) is 0 Å². The second-order valence-electron chi connectivity index (χ2n) is 17.0. The summed E-state index contributed by atoms with van der Waals surface area (Å²) in [4.78, 5) is -0.435. The number of unbranched alkanes of at least 4 members (excludes halogenated alkanes) is 26. The van der Waals surface area contributed by atoms with Gasteiger partial charge in [0.25, 0.3) is 0 Å². The summed E-state index contributed by atoms with van der Waals surface area (Å²) >= 11 is 17.4. The fraction of sp³-hybridized carbons (Fsp3) is 0.826. The number of hydrogen-bond acceptors (Lipinski definition) is 8. The smallest absolute Gasteiger partial charge is 0.770 e. The minimum absolute atomic E-state index is 0. The van der Waals surface area contributed by atoms with Gasteiger partial charge in [-0.1, -0.05) is 168 Å². The SMILES string of the molecule is CCCCCCCCCCCCCCCC[N+](C)(C)C.CCCCCCCCCCCCCCCC[N+](C)(C)C.N#CC([S-])=C([S-])C#N.N#CC([S-])=C([S-])C#N.[Ni+2]. The Morgan fingerprint density at radius 2 is 0.456 bits per heavy atom. The van der Waals surface area contributed by atoms with E-state index in [2.05, 4.69) is 107 Å². The Bertz CT molecular complexity index is 987. The van der Waals surface area contributed by atoms with Crippen LogP contribution in [0.15, 0.2) is 19.6 Å². The van der Waals surface area contributed by atoms with Gasteiger partial charge in [-0.15, -0.1) is 19.6 Å². The van der Waals surface area contributed by atoms with E-state index in [1.165, 1.54) is 193 Å². The molecule has 57 heavy (non-hydrogen) atoms. The average molecular weight is 908 g/mol. The third kappa shape index (κ3) is 64.1. The van der Waals surface area contributed by atoms with Gasteiger partial charge in [0.05, 0.1) is 79.7 Å². The maximum absolute atomic E-state index is 8.01. The van der Waals surface area contributed by atoms with Crippen molar-refractivity contribution in [3.63, 3.8) is 0 Å². The van der Waals surface area contributed by atoms with Crippen molar-refractivity contribution in [1.29, 1.82) is 21.0 Å². The van der Waals surface area contributed by atoms with Gasteiger partial charge in [-0.2, -0.15) is 21.0 Å². The molecule has 0 aliphatic heterocycles. The summed E-state index contributed by atoms with van der Waals surface area (Å²) < 4.78 is 2.25. The minimum Gasteiger partial charge on any atom is -0.770 e. The molecule has 6 nitrogen and oxygen atoms in total. The molecule has 0 amide bonds. The fourth-order valence-corrected chi connectivity index (χ4v) is 5.95. The first-order valence-corrected chi connectivity index (χ1v) is 23.6. The zero-order chi connectivity index (χ0) is 43.4. The van der Waals surface area contributed by atoms with E-state index in [1.807, 2.05) is 0 Å². The summed E-state index contributed by atoms with van der Waals surface area (Å²) in [7, 11) is 13.8. The van der Waals surface area contributed by atoms with Crippen molar-refractivity contribution in [3.8, 4) is 24.3 Å². The van der Waals surface area contributed by atoms with Gasteiger partial charge in [0.15, 0.2) is 0 Å². The van der Waals surface area contributed by atoms with Gasteiger partial charge < -0.3 is 59.5 Å². The van der Waals surface area contributed by atoms with E-state index < -0.39 is 0 Å². The van der Waals surface area contributed by atoms with E-state index in [4.69, 9.17) is 21.0 Å². The number of nitrogens with zero attached hydrogens (tertiary/aromatic N) is 6. The Morgan fingerprint density at radius 3 is 0.579 bits per heavy atom. The summed E-state index contributed by atoms with van der Waals surface area (Å²) in [5, 5.41) is 32.0. The Morgan fingerprint density at radius 1 is 0.316 bits per heavy atom. The van der Waals surface area contributed by atoms with E-state index >= 15 is 0 Å². The first kappa shape index (κ1) is 64.9. The zero-order valence-corrected chi connectivity index (χ0v) is 42.1. The maximum Gasteiger partial charge on any atom is 2.00 e. The number of hydrogen-bond donors (Lipinski definition) is 0. The third-order valence-electron chi connectivity index (χ3n) is 9.18. The van der Waals surface area contributed by atoms with E-state index in [-0.39, 0.29) is 36.1 Å². The van der Waals surface area contributed by atoms with E-state index in [9.17, 15) is 0 Å². The Balaban J connectivity index is -0.000000228. The van der Waals surface area contributed by atoms with E-state index in [0.29, 0.717) is 0 Å². The monoisotopic (exact) mass is 906 g/mol. The summed E-state index contributed by atoms with van der Waals surface area (Å²) in [5.74, 6) is 0. The van der Waals surface area contributed by atoms with Crippen LogP contribution in [0.4, 0.5) is 0 Å². The molecule has 0 atom stereocenters.